The van der Waals surface area contributed by atoms with Gasteiger partial charge in [-0.2, -0.15) is 4.31 Å². The van der Waals surface area contributed by atoms with Crippen molar-refractivity contribution in [3.63, 3.8) is 0 Å². The van der Waals surface area contributed by atoms with Crippen LogP contribution < -0.4 is 14.4 Å². The monoisotopic (exact) mass is 364 g/mol. The molecule has 0 radical (unpaired) electrons. The highest BCUT2D eigenvalue weighted by atomic mass is 32.2. The minimum Gasteiger partial charge on any atom is -0.497 e. The van der Waals surface area contributed by atoms with Crippen molar-refractivity contribution < 1.29 is 17.9 Å². The molecular weight excluding hydrogens is 340 g/mol. The van der Waals surface area contributed by atoms with Crippen LogP contribution in [0.3, 0.4) is 0 Å². The molecule has 0 fully saturated rings. The molecule has 2 aromatic carbocycles. The van der Waals surface area contributed by atoms with E-state index in [0.29, 0.717) is 5.75 Å². The molecule has 0 aromatic heterocycles. The highest BCUT2D eigenvalue weighted by Gasteiger charge is 2.25. The van der Waals surface area contributed by atoms with Crippen LogP contribution in [0.25, 0.3) is 0 Å². The molecule has 0 bridgehead atoms. The largest absolute Gasteiger partial charge is 0.497 e. The van der Waals surface area contributed by atoms with E-state index in [1.165, 1.54) is 24.6 Å². The number of anilines is 1. The van der Waals surface area contributed by atoms with Gasteiger partial charge in [-0.15, -0.1) is 0 Å². The van der Waals surface area contributed by atoms with Crippen LogP contribution in [0.1, 0.15) is 5.56 Å². The van der Waals surface area contributed by atoms with Crippen LogP contribution in [0, 0.1) is 0 Å². The molecule has 0 aliphatic heterocycles. The van der Waals surface area contributed by atoms with Crippen LogP contribution in [0.4, 0.5) is 5.69 Å². The Morgan fingerprint density at radius 2 is 1.56 bits per heavy atom. The quantitative estimate of drug-likeness (QED) is 0.756. The summed E-state index contributed by atoms with van der Waals surface area (Å²) in [5.74, 6) is 0.749. The maximum Gasteiger partial charge on any atom is 0.246 e. The molecule has 0 amide bonds. The van der Waals surface area contributed by atoms with Crippen LogP contribution in [0.15, 0.2) is 47.4 Å². The summed E-state index contributed by atoms with van der Waals surface area (Å²) >= 11 is 0. The average Bonchev–Trinajstić information content (AvgIpc) is 2.61. The van der Waals surface area contributed by atoms with Gasteiger partial charge in [0.05, 0.1) is 14.2 Å². The van der Waals surface area contributed by atoms with E-state index >= 15 is 0 Å². The van der Waals surface area contributed by atoms with Gasteiger partial charge in [-0.05, 0) is 29.8 Å². The molecule has 25 heavy (non-hydrogen) atoms. The van der Waals surface area contributed by atoms with Gasteiger partial charge >= 0.3 is 0 Å². The van der Waals surface area contributed by atoms with Gasteiger partial charge in [0, 0.05) is 39.4 Å². The van der Waals surface area contributed by atoms with E-state index in [9.17, 15) is 8.42 Å². The second-order valence-corrected chi connectivity index (χ2v) is 7.85. The van der Waals surface area contributed by atoms with Crippen molar-refractivity contribution in [3.05, 3.63) is 48.0 Å². The third kappa shape index (κ3) is 4.24. The zero-order valence-corrected chi connectivity index (χ0v) is 16.0. The molecule has 0 atom stereocenters. The van der Waals surface area contributed by atoms with E-state index in [2.05, 4.69) is 0 Å². The lowest BCUT2D eigenvalue weighted by Gasteiger charge is -2.20. The van der Waals surface area contributed by atoms with Crippen molar-refractivity contribution in [2.45, 2.75) is 11.4 Å². The van der Waals surface area contributed by atoms with Crippen LogP contribution in [-0.2, 0) is 16.6 Å². The molecule has 2 rings (SSSR count). The third-order valence-electron chi connectivity index (χ3n) is 3.92. The SMILES string of the molecule is COc1ccc(OC)c(S(=O)(=O)N(C)Cc2ccc(N(C)C)cc2)c1. The van der Waals surface area contributed by atoms with E-state index in [4.69, 9.17) is 9.47 Å². The van der Waals surface area contributed by atoms with Crippen molar-refractivity contribution in [2.75, 3.05) is 40.3 Å². The van der Waals surface area contributed by atoms with Gasteiger partial charge in [0.2, 0.25) is 10.0 Å². The minimum atomic E-state index is -3.72. The van der Waals surface area contributed by atoms with Gasteiger partial charge in [-0.1, -0.05) is 12.1 Å². The fourth-order valence-corrected chi connectivity index (χ4v) is 3.72. The lowest BCUT2D eigenvalue weighted by Crippen LogP contribution is -2.27. The number of ether oxygens (including phenoxy) is 2. The molecule has 0 saturated heterocycles. The first kappa shape index (κ1) is 19.1. The molecule has 6 nitrogen and oxygen atoms in total. The Labute approximate surface area is 149 Å². The fourth-order valence-electron chi connectivity index (χ4n) is 2.40. The summed E-state index contributed by atoms with van der Waals surface area (Å²) in [6.45, 7) is 0.260. The van der Waals surface area contributed by atoms with Crippen molar-refractivity contribution in [3.8, 4) is 11.5 Å². The first-order valence-electron chi connectivity index (χ1n) is 7.74. The number of benzene rings is 2. The molecule has 2 aromatic rings. The average molecular weight is 364 g/mol. The van der Waals surface area contributed by atoms with E-state index < -0.39 is 10.0 Å². The number of nitrogens with zero attached hydrogens (tertiary/aromatic N) is 2. The van der Waals surface area contributed by atoms with Crippen LogP contribution in [0.2, 0.25) is 0 Å². The Balaban J connectivity index is 2.29. The first-order chi connectivity index (χ1) is 11.8. The maximum atomic E-state index is 12.9. The number of sulfonamides is 1. The van der Waals surface area contributed by atoms with Crippen molar-refractivity contribution in [1.29, 1.82) is 0 Å². The van der Waals surface area contributed by atoms with Gasteiger partial charge in [-0.3, -0.25) is 0 Å². The summed E-state index contributed by atoms with van der Waals surface area (Å²) < 4.78 is 37.5. The summed E-state index contributed by atoms with van der Waals surface area (Å²) in [5, 5.41) is 0. The zero-order valence-electron chi connectivity index (χ0n) is 15.2. The van der Waals surface area contributed by atoms with Crippen molar-refractivity contribution >= 4 is 15.7 Å². The molecule has 0 unspecified atom stereocenters. The summed E-state index contributed by atoms with van der Waals surface area (Å²) in [4.78, 5) is 2.08. The highest BCUT2D eigenvalue weighted by molar-refractivity contribution is 7.89. The topological polar surface area (TPSA) is 59.1 Å². The first-order valence-corrected chi connectivity index (χ1v) is 9.18. The maximum absolute atomic E-state index is 12.9. The summed E-state index contributed by atoms with van der Waals surface area (Å²) in [5.41, 5.74) is 1.96. The Hall–Kier alpha value is -2.25. The van der Waals surface area contributed by atoms with Crippen LogP contribution in [0.5, 0.6) is 11.5 Å². The summed E-state index contributed by atoms with van der Waals surface area (Å²) in [6.07, 6.45) is 0. The number of rotatable bonds is 7. The number of hydrogen-bond donors (Lipinski definition) is 0. The van der Waals surface area contributed by atoms with E-state index in [1.807, 2.05) is 43.3 Å². The van der Waals surface area contributed by atoms with E-state index in [0.717, 1.165) is 11.3 Å². The smallest absolute Gasteiger partial charge is 0.246 e. The summed E-state index contributed by atoms with van der Waals surface area (Å²) in [6, 6.07) is 12.5. The van der Waals surface area contributed by atoms with Gasteiger partial charge in [-0.25, -0.2) is 8.42 Å². The van der Waals surface area contributed by atoms with Gasteiger partial charge in [0.1, 0.15) is 16.4 Å². The Morgan fingerprint density at radius 1 is 0.920 bits per heavy atom. The fraction of sp³-hybridized carbons (Fsp3) is 0.333. The predicted octanol–water partition coefficient (Wildman–Crippen LogP) is 2.59. The molecule has 0 saturated carbocycles. The molecule has 0 heterocycles. The molecule has 0 aliphatic carbocycles. The summed E-state index contributed by atoms with van der Waals surface area (Å²) in [7, 11) is 4.69. The van der Waals surface area contributed by atoms with E-state index in [-0.39, 0.29) is 17.2 Å². The Bertz CT molecular complexity index is 817. The molecule has 136 valence electrons. The lowest BCUT2D eigenvalue weighted by molar-refractivity contribution is 0.388. The molecule has 0 aliphatic rings. The highest BCUT2D eigenvalue weighted by Crippen LogP contribution is 2.30. The molecule has 0 N–H and O–H groups in total. The lowest BCUT2D eigenvalue weighted by atomic mass is 10.2. The van der Waals surface area contributed by atoms with Crippen LogP contribution >= 0.6 is 0 Å². The van der Waals surface area contributed by atoms with Crippen molar-refractivity contribution in [1.82, 2.24) is 4.31 Å². The third-order valence-corrected chi connectivity index (χ3v) is 5.74. The predicted molar refractivity (Wildman–Crippen MR) is 99.0 cm³/mol. The Morgan fingerprint density at radius 3 is 2.08 bits per heavy atom. The number of hydrogen-bond acceptors (Lipinski definition) is 5. The molecule has 7 heteroatoms. The normalized spacial score (nSPS) is 11.4. The second-order valence-electron chi connectivity index (χ2n) is 5.84. The zero-order chi connectivity index (χ0) is 18.6. The van der Waals surface area contributed by atoms with Gasteiger partial charge < -0.3 is 14.4 Å². The standard InChI is InChI=1S/C18H24N2O4S/c1-19(2)15-8-6-14(7-9-15)13-20(3)25(21,22)18-12-16(23-4)10-11-17(18)24-5/h6-12H,13H2,1-5H3. The van der Waals surface area contributed by atoms with Crippen molar-refractivity contribution in [2.24, 2.45) is 0 Å². The van der Waals surface area contributed by atoms with Crippen LogP contribution in [-0.4, -0.2) is 48.1 Å². The molecular formula is C18H24N2O4S. The molecule has 0 spiro atoms. The van der Waals surface area contributed by atoms with Gasteiger partial charge in [0.25, 0.3) is 0 Å². The second kappa shape index (κ2) is 7.76. The number of methoxy groups -OCH3 is 2. The minimum absolute atomic E-state index is 0.0850. The van der Waals surface area contributed by atoms with E-state index in [1.54, 1.807) is 19.2 Å². The van der Waals surface area contributed by atoms with Gasteiger partial charge in [0.15, 0.2) is 0 Å². The Kier molecular flexibility index (Phi) is 5.92.